The fourth-order valence-electron chi connectivity index (χ4n) is 2.59. The molecule has 0 heterocycles. The molecule has 3 heteroatoms. The van der Waals surface area contributed by atoms with E-state index in [1.165, 1.54) is 38.5 Å². The monoisotopic (exact) mass is 471 g/mol. The minimum Gasteiger partial charge on any atom is -0.873 e. The van der Waals surface area contributed by atoms with Gasteiger partial charge in [-0.2, -0.15) is 0 Å². The van der Waals surface area contributed by atoms with Crippen LogP contribution in [0.15, 0.2) is 12.1 Å². The summed E-state index contributed by atoms with van der Waals surface area (Å²) in [6.45, 7) is 4.39. The third-order valence-corrected chi connectivity index (χ3v) is 3.87. The van der Waals surface area contributed by atoms with Gasteiger partial charge in [-0.05, 0) is 36.8 Å². The van der Waals surface area contributed by atoms with Crippen molar-refractivity contribution < 1.29 is 31.3 Å². The fourth-order valence-corrected chi connectivity index (χ4v) is 2.59. The second-order valence-corrected chi connectivity index (χ2v) is 5.69. The number of aryl methyl sites for hydroxylation is 2. The van der Waals surface area contributed by atoms with E-state index >= 15 is 0 Å². The van der Waals surface area contributed by atoms with Crippen molar-refractivity contribution in [2.24, 2.45) is 0 Å². The molecule has 0 saturated heterocycles. The summed E-state index contributed by atoms with van der Waals surface area (Å²) in [5, 5.41) is 23.1. The second-order valence-electron chi connectivity index (χ2n) is 5.69. The molecule has 0 aliphatic carbocycles. The molecule has 0 saturated carbocycles. The van der Waals surface area contributed by atoms with Crippen LogP contribution in [0, 0.1) is 0 Å². The Morgan fingerprint density at radius 1 is 0.667 bits per heavy atom. The average molecular weight is 471 g/mol. The van der Waals surface area contributed by atoms with Crippen molar-refractivity contribution in [3.8, 4) is 11.5 Å². The van der Waals surface area contributed by atoms with Crippen LogP contribution in [0.3, 0.4) is 0 Å². The Kier molecular flexibility index (Phi) is 11.8. The molecule has 0 radical (unpaired) electrons. The van der Waals surface area contributed by atoms with E-state index in [1.807, 2.05) is 0 Å². The summed E-state index contributed by atoms with van der Waals surface area (Å²) in [5.74, 6) is -0.680. The third kappa shape index (κ3) is 7.90. The first-order chi connectivity index (χ1) is 9.69. The number of rotatable bonds is 10. The molecule has 122 valence electrons. The molecule has 0 fully saturated rings. The van der Waals surface area contributed by atoms with Crippen LogP contribution in [0.2, 0.25) is 0 Å². The van der Waals surface area contributed by atoms with E-state index in [-0.39, 0.29) is 32.6 Å². The van der Waals surface area contributed by atoms with Gasteiger partial charge < -0.3 is 10.2 Å². The van der Waals surface area contributed by atoms with Crippen LogP contribution in [0.5, 0.6) is 11.5 Å². The average Bonchev–Trinajstić information content (AvgIpc) is 2.44. The van der Waals surface area contributed by atoms with Crippen molar-refractivity contribution in [3.05, 3.63) is 23.3 Å². The van der Waals surface area contributed by atoms with Gasteiger partial charge in [-0.1, -0.05) is 64.5 Å². The van der Waals surface area contributed by atoms with Crippen molar-refractivity contribution in [2.45, 2.75) is 78.1 Å². The Hall–Kier alpha value is -0.492. The van der Waals surface area contributed by atoms with E-state index in [9.17, 15) is 10.2 Å². The number of hydrogen-bond acceptors (Lipinski definition) is 2. The fraction of sp³-hybridized carbons (Fsp3) is 0.667. The van der Waals surface area contributed by atoms with E-state index in [4.69, 9.17) is 0 Å². The van der Waals surface area contributed by atoms with Crippen LogP contribution < -0.4 is 10.2 Å². The van der Waals surface area contributed by atoms with Crippen LogP contribution in [0.1, 0.15) is 76.3 Å². The Labute approximate surface area is 144 Å². The normalized spacial score (nSPS) is 10.4. The maximum Gasteiger partial charge on any atom is 2.00 e. The Morgan fingerprint density at radius 2 is 1.05 bits per heavy atom. The smallest absolute Gasteiger partial charge is 0.873 e. The molecular weight excluding hydrogens is 443 g/mol. The summed E-state index contributed by atoms with van der Waals surface area (Å²) in [4.78, 5) is 0. The minimum absolute atomic E-state index is 0. The zero-order valence-corrected chi connectivity index (χ0v) is 15.6. The molecular formula is C18H28O2Pt. The summed E-state index contributed by atoms with van der Waals surface area (Å²) < 4.78 is 0. The van der Waals surface area contributed by atoms with Crippen molar-refractivity contribution in [1.82, 2.24) is 0 Å². The molecule has 0 aromatic heterocycles. The quantitative estimate of drug-likeness (QED) is 0.483. The molecule has 21 heavy (non-hydrogen) atoms. The van der Waals surface area contributed by atoms with Crippen LogP contribution in [0.4, 0.5) is 0 Å². The van der Waals surface area contributed by atoms with Crippen molar-refractivity contribution in [1.29, 1.82) is 0 Å². The van der Waals surface area contributed by atoms with Crippen molar-refractivity contribution in [3.63, 3.8) is 0 Å². The SMILES string of the molecule is CCCCCCc1cc([O-])c([O-])cc1CCCCCC.[Pt+2]. The van der Waals surface area contributed by atoms with Gasteiger partial charge >= 0.3 is 21.1 Å². The molecule has 0 unspecified atom stereocenters. The predicted molar refractivity (Wildman–Crippen MR) is 81.0 cm³/mol. The van der Waals surface area contributed by atoms with Crippen LogP contribution >= 0.6 is 0 Å². The van der Waals surface area contributed by atoms with Gasteiger partial charge in [-0.25, -0.2) is 0 Å². The molecule has 0 aliphatic rings. The maximum atomic E-state index is 11.5. The summed E-state index contributed by atoms with van der Waals surface area (Å²) >= 11 is 0. The van der Waals surface area contributed by atoms with E-state index in [0.717, 1.165) is 36.8 Å². The molecule has 0 amide bonds. The first kappa shape index (κ1) is 20.5. The molecule has 0 bridgehead atoms. The first-order valence-corrected chi connectivity index (χ1v) is 8.18. The van der Waals surface area contributed by atoms with Crippen LogP contribution in [0.25, 0.3) is 0 Å². The molecule has 0 N–H and O–H groups in total. The topological polar surface area (TPSA) is 46.1 Å². The molecule has 0 aliphatic heterocycles. The summed E-state index contributed by atoms with van der Waals surface area (Å²) in [6, 6.07) is 3.17. The molecule has 0 atom stereocenters. The first-order valence-electron chi connectivity index (χ1n) is 8.18. The van der Waals surface area contributed by atoms with Gasteiger partial charge in [-0.3, -0.25) is 0 Å². The largest absolute Gasteiger partial charge is 2.00 e. The van der Waals surface area contributed by atoms with E-state index in [2.05, 4.69) is 13.8 Å². The minimum atomic E-state index is -0.340. The number of hydrogen-bond donors (Lipinski definition) is 0. The zero-order valence-electron chi connectivity index (χ0n) is 13.4. The van der Waals surface area contributed by atoms with Gasteiger partial charge in [-0.15, -0.1) is 11.5 Å². The van der Waals surface area contributed by atoms with Crippen molar-refractivity contribution in [2.75, 3.05) is 0 Å². The maximum absolute atomic E-state index is 11.5. The molecule has 1 rings (SSSR count). The van der Waals surface area contributed by atoms with Gasteiger partial charge in [0.25, 0.3) is 0 Å². The standard InChI is InChI=1S/C18H30O2.Pt/c1-3-5-7-9-11-15-13-17(19)18(20)14-16(15)12-10-8-6-4-2;/h13-14,19-20H,3-12H2,1-2H3;/q;+2/p-2. The van der Waals surface area contributed by atoms with Crippen LogP contribution in [-0.2, 0) is 33.9 Å². The Morgan fingerprint density at radius 3 is 1.38 bits per heavy atom. The predicted octanol–water partition coefficient (Wildman–Crippen LogP) is 4.08. The zero-order chi connectivity index (χ0) is 14.8. The number of unbranched alkanes of at least 4 members (excludes halogenated alkanes) is 6. The Bertz CT molecular complexity index is 354. The van der Waals surface area contributed by atoms with Gasteiger partial charge in [0, 0.05) is 0 Å². The van der Waals surface area contributed by atoms with E-state index in [1.54, 1.807) is 12.1 Å². The van der Waals surface area contributed by atoms with Crippen LogP contribution in [-0.4, -0.2) is 0 Å². The summed E-state index contributed by atoms with van der Waals surface area (Å²) in [5.41, 5.74) is 2.23. The van der Waals surface area contributed by atoms with E-state index < -0.39 is 0 Å². The Balaban J connectivity index is 0.00000400. The molecule has 2 nitrogen and oxygen atoms in total. The molecule has 1 aromatic rings. The summed E-state index contributed by atoms with van der Waals surface area (Å²) in [7, 11) is 0. The summed E-state index contributed by atoms with van der Waals surface area (Å²) in [6.07, 6.45) is 11.5. The molecule has 1 aromatic carbocycles. The number of benzene rings is 1. The molecule has 0 spiro atoms. The van der Waals surface area contributed by atoms with E-state index in [0.29, 0.717) is 0 Å². The second kappa shape index (κ2) is 12.1. The van der Waals surface area contributed by atoms with Gasteiger partial charge in [0.1, 0.15) is 0 Å². The van der Waals surface area contributed by atoms with Gasteiger partial charge in [0.2, 0.25) is 0 Å². The van der Waals surface area contributed by atoms with Crippen molar-refractivity contribution >= 4 is 0 Å². The van der Waals surface area contributed by atoms with Gasteiger partial charge in [0.05, 0.1) is 0 Å². The van der Waals surface area contributed by atoms with Gasteiger partial charge in [0.15, 0.2) is 0 Å². The third-order valence-electron chi connectivity index (χ3n) is 3.87.